The van der Waals surface area contributed by atoms with E-state index in [1.54, 1.807) is 17.4 Å². The van der Waals surface area contributed by atoms with Gasteiger partial charge in [-0.1, -0.05) is 30.3 Å². The standard InChI is InChI=1S/C17H13FOS/c18-15-6-2-4-13-12(15)7-9-17(13,19)14-5-1-3-11-8-10-20-16(11)14/h1-6,8,10,19H,7,9H2. The van der Waals surface area contributed by atoms with Crippen molar-refractivity contribution in [1.29, 1.82) is 0 Å². The Kier molecular flexibility index (Phi) is 2.50. The average molecular weight is 284 g/mol. The molecule has 1 unspecified atom stereocenters. The van der Waals surface area contributed by atoms with Crippen molar-refractivity contribution in [3.8, 4) is 0 Å². The minimum Gasteiger partial charge on any atom is -0.380 e. The summed E-state index contributed by atoms with van der Waals surface area (Å²) < 4.78 is 15.0. The summed E-state index contributed by atoms with van der Waals surface area (Å²) >= 11 is 1.62. The van der Waals surface area contributed by atoms with Crippen molar-refractivity contribution >= 4 is 21.4 Å². The van der Waals surface area contributed by atoms with Crippen LogP contribution in [0, 0.1) is 5.82 Å². The molecule has 0 spiro atoms. The normalized spacial score (nSPS) is 21.3. The molecule has 2 aromatic carbocycles. The van der Waals surface area contributed by atoms with Gasteiger partial charge in [0.25, 0.3) is 0 Å². The molecular weight excluding hydrogens is 271 g/mol. The van der Waals surface area contributed by atoms with Gasteiger partial charge in [-0.2, -0.15) is 0 Å². The van der Waals surface area contributed by atoms with Crippen LogP contribution in [0.25, 0.3) is 10.1 Å². The zero-order valence-electron chi connectivity index (χ0n) is 10.8. The Hall–Kier alpha value is -1.71. The van der Waals surface area contributed by atoms with Crippen LogP contribution < -0.4 is 0 Å². The van der Waals surface area contributed by atoms with Crippen molar-refractivity contribution in [3.63, 3.8) is 0 Å². The van der Waals surface area contributed by atoms with E-state index in [0.717, 1.165) is 21.2 Å². The predicted octanol–water partition coefficient (Wildman–Crippen LogP) is 4.22. The van der Waals surface area contributed by atoms with Gasteiger partial charge in [-0.25, -0.2) is 4.39 Å². The van der Waals surface area contributed by atoms with Crippen LogP contribution in [0.4, 0.5) is 4.39 Å². The van der Waals surface area contributed by atoms with Crippen molar-refractivity contribution < 1.29 is 9.50 Å². The van der Waals surface area contributed by atoms with Crippen LogP contribution in [0.5, 0.6) is 0 Å². The number of rotatable bonds is 1. The fourth-order valence-electron chi connectivity index (χ4n) is 3.24. The Morgan fingerprint density at radius 1 is 1.05 bits per heavy atom. The Morgan fingerprint density at radius 2 is 1.85 bits per heavy atom. The zero-order chi connectivity index (χ0) is 13.7. The molecule has 0 saturated carbocycles. The van der Waals surface area contributed by atoms with E-state index in [1.165, 1.54) is 6.07 Å². The second kappa shape index (κ2) is 4.14. The second-order valence-corrected chi connectivity index (χ2v) is 6.19. The molecule has 20 heavy (non-hydrogen) atoms. The molecule has 4 rings (SSSR count). The summed E-state index contributed by atoms with van der Waals surface area (Å²) in [4.78, 5) is 0. The zero-order valence-corrected chi connectivity index (χ0v) is 11.6. The molecular formula is C17H13FOS. The SMILES string of the molecule is OC1(c2cccc3ccsc23)CCc2c(F)cccc21. The maximum Gasteiger partial charge on any atom is 0.126 e. The largest absolute Gasteiger partial charge is 0.380 e. The van der Waals surface area contributed by atoms with Crippen molar-refractivity contribution in [1.82, 2.24) is 0 Å². The van der Waals surface area contributed by atoms with E-state index in [-0.39, 0.29) is 5.82 Å². The monoisotopic (exact) mass is 284 g/mol. The van der Waals surface area contributed by atoms with Gasteiger partial charge in [0.2, 0.25) is 0 Å². The van der Waals surface area contributed by atoms with Gasteiger partial charge in [-0.05, 0) is 46.9 Å². The van der Waals surface area contributed by atoms with Crippen LogP contribution in [0.3, 0.4) is 0 Å². The molecule has 0 fully saturated rings. The fraction of sp³-hybridized carbons (Fsp3) is 0.176. The van der Waals surface area contributed by atoms with Gasteiger partial charge in [0.15, 0.2) is 0 Å². The lowest BCUT2D eigenvalue weighted by atomic mass is 9.87. The lowest BCUT2D eigenvalue weighted by molar-refractivity contribution is 0.0846. The molecule has 1 aliphatic rings. The Morgan fingerprint density at radius 3 is 2.75 bits per heavy atom. The number of hydrogen-bond acceptors (Lipinski definition) is 2. The van der Waals surface area contributed by atoms with Crippen LogP contribution in [-0.2, 0) is 12.0 Å². The summed E-state index contributed by atoms with van der Waals surface area (Å²) in [5, 5.41) is 14.4. The molecule has 0 aliphatic heterocycles. The highest BCUT2D eigenvalue weighted by molar-refractivity contribution is 7.17. The molecule has 100 valence electrons. The van der Waals surface area contributed by atoms with Crippen LogP contribution in [0.2, 0.25) is 0 Å². The molecule has 1 nitrogen and oxygen atoms in total. The summed E-state index contributed by atoms with van der Waals surface area (Å²) in [6.45, 7) is 0. The minimum atomic E-state index is -1.07. The van der Waals surface area contributed by atoms with Crippen LogP contribution in [0.15, 0.2) is 47.8 Å². The molecule has 1 N–H and O–H groups in total. The van der Waals surface area contributed by atoms with Crippen molar-refractivity contribution in [2.75, 3.05) is 0 Å². The van der Waals surface area contributed by atoms with Gasteiger partial charge in [0.1, 0.15) is 11.4 Å². The average Bonchev–Trinajstić information content (AvgIpc) is 3.05. The summed E-state index contributed by atoms with van der Waals surface area (Å²) in [5.74, 6) is -0.211. The molecule has 3 heteroatoms. The van der Waals surface area contributed by atoms with Gasteiger partial charge < -0.3 is 5.11 Å². The number of thiophene rings is 1. The highest BCUT2D eigenvalue weighted by Crippen LogP contribution is 2.45. The van der Waals surface area contributed by atoms with E-state index < -0.39 is 5.60 Å². The van der Waals surface area contributed by atoms with E-state index in [0.29, 0.717) is 18.4 Å². The van der Waals surface area contributed by atoms with E-state index in [2.05, 4.69) is 0 Å². The number of benzene rings is 2. The number of halogens is 1. The van der Waals surface area contributed by atoms with E-state index in [4.69, 9.17) is 0 Å². The first-order valence-corrected chi connectivity index (χ1v) is 7.55. The molecule has 0 bridgehead atoms. The molecule has 1 atom stereocenters. The van der Waals surface area contributed by atoms with Crippen LogP contribution in [0.1, 0.15) is 23.1 Å². The van der Waals surface area contributed by atoms with E-state index in [1.807, 2.05) is 35.7 Å². The summed E-state index contributed by atoms with van der Waals surface area (Å²) in [7, 11) is 0. The van der Waals surface area contributed by atoms with Crippen LogP contribution in [-0.4, -0.2) is 5.11 Å². The predicted molar refractivity (Wildman–Crippen MR) is 79.5 cm³/mol. The molecule has 1 aromatic heterocycles. The number of hydrogen-bond donors (Lipinski definition) is 1. The molecule has 3 aromatic rings. The highest BCUT2D eigenvalue weighted by atomic mass is 32.1. The third-order valence-corrected chi connectivity index (χ3v) is 5.19. The summed E-state index contributed by atoms with van der Waals surface area (Å²) in [6.07, 6.45) is 1.13. The van der Waals surface area contributed by atoms with Crippen molar-refractivity contribution in [3.05, 3.63) is 70.4 Å². The maximum absolute atomic E-state index is 13.9. The minimum absolute atomic E-state index is 0.211. The second-order valence-electron chi connectivity index (χ2n) is 5.27. The molecule has 0 radical (unpaired) electrons. The van der Waals surface area contributed by atoms with E-state index >= 15 is 0 Å². The quantitative estimate of drug-likeness (QED) is 0.709. The van der Waals surface area contributed by atoms with Gasteiger partial charge in [-0.15, -0.1) is 11.3 Å². The summed E-state index contributed by atoms with van der Waals surface area (Å²) in [5.41, 5.74) is 1.21. The van der Waals surface area contributed by atoms with Crippen molar-refractivity contribution in [2.45, 2.75) is 18.4 Å². The van der Waals surface area contributed by atoms with Crippen LogP contribution >= 0.6 is 11.3 Å². The maximum atomic E-state index is 13.9. The Labute approximate surface area is 120 Å². The molecule has 0 amide bonds. The molecule has 0 saturated heterocycles. The van der Waals surface area contributed by atoms with Gasteiger partial charge in [0.05, 0.1) is 0 Å². The Bertz CT molecular complexity index is 808. The van der Waals surface area contributed by atoms with Gasteiger partial charge >= 0.3 is 0 Å². The molecule has 1 aliphatic carbocycles. The van der Waals surface area contributed by atoms with E-state index in [9.17, 15) is 9.50 Å². The fourth-order valence-corrected chi connectivity index (χ4v) is 4.23. The Balaban J connectivity index is 2.00. The third-order valence-electron chi connectivity index (χ3n) is 4.23. The topological polar surface area (TPSA) is 20.2 Å². The van der Waals surface area contributed by atoms with Gasteiger partial charge in [-0.3, -0.25) is 0 Å². The molecule has 1 heterocycles. The summed E-state index contributed by atoms with van der Waals surface area (Å²) in [6, 6.07) is 13.0. The third kappa shape index (κ3) is 1.51. The van der Waals surface area contributed by atoms with Crippen molar-refractivity contribution in [2.24, 2.45) is 0 Å². The lowest BCUT2D eigenvalue weighted by Crippen LogP contribution is -2.24. The highest BCUT2D eigenvalue weighted by Gasteiger charge is 2.40. The number of aliphatic hydroxyl groups is 1. The first-order chi connectivity index (χ1) is 9.70. The van der Waals surface area contributed by atoms with Gasteiger partial charge in [0, 0.05) is 10.3 Å². The lowest BCUT2D eigenvalue weighted by Gasteiger charge is -2.25. The first kappa shape index (κ1) is 12.1. The smallest absolute Gasteiger partial charge is 0.126 e. The number of fused-ring (bicyclic) bond motifs is 2. The first-order valence-electron chi connectivity index (χ1n) is 6.67.